The SMILES string of the molecule is CCc1[nH]c(C(=O)C(N)C2CCN(c3nc(C)c(C(=O)O)s3)CC2)nc1Cl. The summed E-state index contributed by atoms with van der Waals surface area (Å²) in [5, 5.41) is 10.2. The summed E-state index contributed by atoms with van der Waals surface area (Å²) in [6, 6.07) is -0.647. The van der Waals surface area contributed by atoms with E-state index in [2.05, 4.69) is 19.9 Å². The summed E-state index contributed by atoms with van der Waals surface area (Å²) in [6.45, 7) is 4.98. The number of imidazole rings is 1. The highest BCUT2D eigenvalue weighted by Gasteiger charge is 2.32. The normalized spacial score (nSPS) is 16.5. The summed E-state index contributed by atoms with van der Waals surface area (Å²) in [6.07, 6.45) is 2.12. The molecule has 3 rings (SSSR count). The number of rotatable bonds is 6. The second kappa shape index (κ2) is 7.95. The number of Topliss-reactive ketones (excluding diaryl/α,β-unsaturated/α-hetero) is 1. The van der Waals surface area contributed by atoms with E-state index in [0.29, 0.717) is 35.5 Å². The van der Waals surface area contributed by atoms with Crippen molar-refractivity contribution in [3.8, 4) is 0 Å². The van der Waals surface area contributed by atoms with Crippen LogP contribution in [0.25, 0.3) is 0 Å². The minimum atomic E-state index is -0.956. The third-order valence-electron chi connectivity index (χ3n) is 4.92. The molecule has 8 nitrogen and oxygen atoms in total. The van der Waals surface area contributed by atoms with Crippen molar-refractivity contribution in [1.29, 1.82) is 0 Å². The van der Waals surface area contributed by atoms with Gasteiger partial charge in [-0.2, -0.15) is 0 Å². The topological polar surface area (TPSA) is 125 Å². The number of carboxylic acids is 1. The molecule has 1 saturated heterocycles. The number of ketones is 1. The highest BCUT2D eigenvalue weighted by molar-refractivity contribution is 7.17. The monoisotopic (exact) mass is 411 g/mol. The van der Waals surface area contributed by atoms with Crippen LogP contribution in [0.15, 0.2) is 0 Å². The lowest BCUT2D eigenvalue weighted by molar-refractivity contribution is 0.0701. The second-order valence-corrected chi connectivity index (χ2v) is 7.97. The summed E-state index contributed by atoms with van der Waals surface area (Å²) in [7, 11) is 0. The van der Waals surface area contributed by atoms with Crippen LogP contribution in [-0.2, 0) is 6.42 Å². The van der Waals surface area contributed by atoms with Gasteiger partial charge in [-0.15, -0.1) is 0 Å². The number of carboxylic acid groups (broad SMARTS) is 1. The molecule has 1 fully saturated rings. The van der Waals surface area contributed by atoms with Crippen LogP contribution in [-0.4, -0.2) is 50.9 Å². The number of carbonyl (C=O) groups is 2. The van der Waals surface area contributed by atoms with Crippen molar-refractivity contribution in [1.82, 2.24) is 15.0 Å². The molecule has 0 spiro atoms. The van der Waals surface area contributed by atoms with Crippen molar-refractivity contribution in [2.24, 2.45) is 11.7 Å². The molecular formula is C17H22ClN5O3S. The number of aromatic carboxylic acids is 1. The van der Waals surface area contributed by atoms with Gasteiger partial charge in [-0.1, -0.05) is 29.9 Å². The number of thiazole rings is 1. The molecule has 0 aromatic carbocycles. The highest BCUT2D eigenvalue weighted by atomic mass is 35.5. The average Bonchev–Trinajstić information content (AvgIpc) is 3.23. The van der Waals surface area contributed by atoms with Gasteiger partial charge >= 0.3 is 5.97 Å². The fourth-order valence-electron chi connectivity index (χ4n) is 3.28. The maximum atomic E-state index is 12.6. The predicted molar refractivity (Wildman–Crippen MR) is 104 cm³/mol. The van der Waals surface area contributed by atoms with E-state index < -0.39 is 12.0 Å². The smallest absolute Gasteiger partial charge is 0.347 e. The van der Waals surface area contributed by atoms with E-state index in [1.165, 1.54) is 11.3 Å². The highest BCUT2D eigenvalue weighted by Crippen LogP contribution is 2.30. The lowest BCUT2D eigenvalue weighted by Crippen LogP contribution is -2.45. The van der Waals surface area contributed by atoms with Gasteiger partial charge in [-0.05, 0) is 32.1 Å². The van der Waals surface area contributed by atoms with Gasteiger partial charge in [0.25, 0.3) is 0 Å². The van der Waals surface area contributed by atoms with E-state index in [-0.39, 0.29) is 22.4 Å². The van der Waals surface area contributed by atoms with Crippen molar-refractivity contribution in [2.75, 3.05) is 18.0 Å². The third kappa shape index (κ3) is 3.99. The second-order valence-electron chi connectivity index (χ2n) is 6.64. The molecule has 0 bridgehead atoms. The van der Waals surface area contributed by atoms with Crippen LogP contribution in [0.5, 0.6) is 0 Å². The van der Waals surface area contributed by atoms with E-state index in [9.17, 15) is 14.7 Å². The van der Waals surface area contributed by atoms with E-state index >= 15 is 0 Å². The van der Waals surface area contributed by atoms with Gasteiger partial charge < -0.3 is 20.7 Å². The van der Waals surface area contributed by atoms with Crippen LogP contribution < -0.4 is 10.6 Å². The molecule has 1 aliphatic rings. The Labute approximate surface area is 165 Å². The van der Waals surface area contributed by atoms with Crippen LogP contribution in [0.3, 0.4) is 0 Å². The number of aryl methyl sites for hydroxylation is 2. The molecule has 0 radical (unpaired) electrons. The fourth-order valence-corrected chi connectivity index (χ4v) is 4.50. The van der Waals surface area contributed by atoms with E-state index in [1.807, 2.05) is 6.92 Å². The molecule has 27 heavy (non-hydrogen) atoms. The summed E-state index contributed by atoms with van der Waals surface area (Å²) >= 11 is 7.20. The number of piperidine rings is 1. The number of anilines is 1. The maximum absolute atomic E-state index is 12.6. The van der Waals surface area contributed by atoms with Crippen LogP contribution >= 0.6 is 22.9 Å². The molecule has 1 aliphatic heterocycles. The number of halogens is 1. The molecular weight excluding hydrogens is 390 g/mol. The molecule has 3 heterocycles. The largest absolute Gasteiger partial charge is 0.477 e. The van der Waals surface area contributed by atoms with Crippen molar-refractivity contribution in [3.63, 3.8) is 0 Å². The Morgan fingerprint density at radius 2 is 2.07 bits per heavy atom. The summed E-state index contributed by atoms with van der Waals surface area (Å²) < 4.78 is 0. The number of carbonyl (C=O) groups excluding carboxylic acids is 1. The molecule has 4 N–H and O–H groups in total. The molecule has 1 atom stereocenters. The van der Waals surface area contributed by atoms with Gasteiger partial charge in [0.1, 0.15) is 4.88 Å². The van der Waals surface area contributed by atoms with Crippen molar-refractivity contribution < 1.29 is 14.7 Å². The minimum Gasteiger partial charge on any atom is -0.477 e. The third-order valence-corrected chi connectivity index (χ3v) is 6.43. The van der Waals surface area contributed by atoms with Gasteiger partial charge in [0.05, 0.1) is 17.4 Å². The zero-order valence-corrected chi connectivity index (χ0v) is 16.7. The number of hydrogen-bond acceptors (Lipinski definition) is 7. The van der Waals surface area contributed by atoms with Crippen LogP contribution in [0.4, 0.5) is 5.13 Å². The average molecular weight is 412 g/mol. The number of H-pyrrole nitrogens is 1. The zero-order valence-electron chi connectivity index (χ0n) is 15.2. The molecule has 0 aliphatic carbocycles. The molecule has 1 unspecified atom stereocenters. The number of aromatic nitrogens is 3. The quantitative estimate of drug-likeness (QED) is 0.623. The summed E-state index contributed by atoms with van der Waals surface area (Å²) in [5.41, 5.74) is 7.47. The van der Waals surface area contributed by atoms with Crippen molar-refractivity contribution in [3.05, 3.63) is 27.2 Å². The van der Waals surface area contributed by atoms with E-state index in [4.69, 9.17) is 17.3 Å². The lowest BCUT2D eigenvalue weighted by Gasteiger charge is -2.33. The molecule has 2 aromatic heterocycles. The molecule has 0 amide bonds. The van der Waals surface area contributed by atoms with Gasteiger partial charge in [-0.3, -0.25) is 4.79 Å². The first-order valence-electron chi connectivity index (χ1n) is 8.81. The Kier molecular flexibility index (Phi) is 5.83. The number of hydrogen-bond donors (Lipinski definition) is 3. The van der Waals surface area contributed by atoms with Gasteiger partial charge in [0, 0.05) is 13.1 Å². The van der Waals surface area contributed by atoms with Gasteiger partial charge in [0.15, 0.2) is 16.1 Å². The summed E-state index contributed by atoms with van der Waals surface area (Å²) in [4.78, 5) is 37.6. The Morgan fingerprint density at radius 1 is 1.41 bits per heavy atom. The Bertz CT molecular complexity index is 857. The number of aromatic amines is 1. The first kappa shape index (κ1) is 19.8. The van der Waals surface area contributed by atoms with Gasteiger partial charge in [-0.25, -0.2) is 14.8 Å². The Hall–Kier alpha value is -1.97. The van der Waals surface area contributed by atoms with E-state index in [1.54, 1.807) is 6.92 Å². The molecule has 146 valence electrons. The maximum Gasteiger partial charge on any atom is 0.347 e. The van der Waals surface area contributed by atoms with Crippen molar-refractivity contribution in [2.45, 2.75) is 39.2 Å². The first-order valence-corrected chi connectivity index (χ1v) is 10.0. The van der Waals surface area contributed by atoms with Crippen LogP contribution in [0.2, 0.25) is 5.15 Å². The standard InChI is InChI=1S/C17H22ClN5O3S/c1-3-10-14(18)22-15(21-10)12(24)11(19)9-4-6-23(7-5-9)17-20-8(2)13(27-17)16(25)26/h9,11H,3-7,19H2,1-2H3,(H,21,22)(H,25,26). The van der Waals surface area contributed by atoms with E-state index in [0.717, 1.165) is 18.5 Å². The molecule has 2 aromatic rings. The molecule has 10 heteroatoms. The summed E-state index contributed by atoms with van der Waals surface area (Å²) in [5.74, 6) is -0.938. The number of nitrogens with two attached hydrogens (primary N) is 1. The number of nitrogens with zero attached hydrogens (tertiary/aromatic N) is 3. The van der Waals surface area contributed by atoms with Crippen LogP contribution in [0, 0.1) is 12.8 Å². The van der Waals surface area contributed by atoms with Crippen molar-refractivity contribution >= 4 is 39.8 Å². The minimum absolute atomic E-state index is 0.0303. The Balaban J connectivity index is 1.63. The molecule has 0 saturated carbocycles. The van der Waals surface area contributed by atoms with Crippen LogP contribution in [0.1, 0.15) is 51.4 Å². The first-order chi connectivity index (χ1) is 12.8. The lowest BCUT2D eigenvalue weighted by atomic mass is 9.87. The fraction of sp³-hybridized carbons (Fsp3) is 0.529. The number of nitrogens with one attached hydrogen (secondary N) is 1. The Morgan fingerprint density at radius 3 is 2.59 bits per heavy atom. The van der Waals surface area contributed by atoms with Gasteiger partial charge in [0.2, 0.25) is 5.78 Å². The predicted octanol–water partition coefficient (Wildman–Crippen LogP) is 2.52. The zero-order chi connectivity index (χ0) is 19.7.